The standard InChI is InChI=1S/C12H22N2O/c1-11(2)5-7-14(9-11)10(15)12(3)4-6-13-8-12/h13H,4-9H2,1-3H3. The highest BCUT2D eigenvalue weighted by molar-refractivity contribution is 5.83. The van der Waals surface area contributed by atoms with Crippen LogP contribution in [0.15, 0.2) is 0 Å². The molecule has 0 spiro atoms. The Morgan fingerprint density at radius 2 is 2.00 bits per heavy atom. The monoisotopic (exact) mass is 210 g/mol. The molecular formula is C12H22N2O. The number of carbonyl (C=O) groups is 1. The highest BCUT2D eigenvalue weighted by Gasteiger charge is 2.42. The molecule has 3 heteroatoms. The van der Waals surface area contributed by atoms with Crippen molar-refractivity contribution < 1.29 is 4.79 Å². The van der Waals surface area contributed by atoms with E-state index in [1.54, 1.807) is 0 Å². The summed E-state index contributed by atoms with van der Waals surface area (Å²) < 4.78 is 0. The average molecular weight is 210 g/mol. The maximum atomic E-state index is 12.3. The number of hydrogen-bond acceptors (Lipinski definition) is 2. The van der Waals surface area contributed by atoms with Crippen LogP contribution in [0.5, 0.6) is 0 Å². The molecule has 1 amide bonds. The van der Waals surface area contributed by atoms with Gasteiger partial charge in [-0.15, -0.1) is 0 Å². The predicted molar refractivity (Wildman–Crippen MR) is 60.6 cm³/mol. The molecule has 2 saturated heterocycles. The third-order valence-corrected chi connectivity index (χ3v) is 3.85. The zero-order chi connectivity index (χ0) is 11.1. The molecule has 2 aliphatic rings. The van der Waals surface area contributed by atoms with Crippen molar-refractivity contribution in [3.8, 4) is 0 Å². The highest BCUT2D eigenvalue weighted by Crippen LogP contribution is 2.34. The van der Waals surface area contributed by atoms with Crippen LogP contribution in [0.1, 0.15) is 33.6 Å². The van der Waals surface area contributed by atoms with Crippen LogP contribution in [0.2, 0.25) is 0 Å². The van der Waals surface area contributed by atoms with E-state index in [2.05, 4.69) is 31.0 Å². The zero-order valence-electron chi connectivity index (χ0n) is 10.1. The summed E-state index contributed by atoms with van der Waals surface area (Å²) >= 11 is 0. The Balaban J connectivity index is 2.03. The van der Waals surface area contributed by atoms with Crippen molar-refractivity contribution in [3.63, 3.8) is 0 Å². The van der Waals surface area contributed by atoms with Gasteiger partial charge >= 0.3 is 0 Å². The smallest absolute Gasteiger partial charge is 0.229 e. The Bertz CT molecular complexity index is 267. The third-order valence-electron chi connectivity index (χ3n) is 3.85. The van der Waals surface area contributed by atoms with Crippen molar-refractivity contribution in [2.45, 2.75) is 33.6 Å². The Labute approximate surface area is 92.2 Å². The molecule has 0 radical (unpaired) electrons. The van der Waals surface area contributed by atoms with Crippen LogP contribution in [0.3, 0.4) is 0 Å². The number of nitrogens with one attached hydrogen (secondary N) is 1. The van der Waals surface area contributed by atoms with Crippen molar-refractivity contribution in [2.75, 3.05) is 26.2 Å². The van der Waals surface area contributed by atoms with Gasteiger partial charge in [0.2, 0.25) is 5.91 Å². The third kappa shape index (κ3) is 2.03. The van der Waals surface area contributed by atoms with Crippen molar-refractivity contribution in [3.05, 3.63) is 0 Å². The number of amides is 1. The SMILES string of the molecule is CC1(C)CCN(C(=O)C2(C)CCNC2)C1. The minimum Gasteiger partial charge on any atom is -0.342 e. The summed E-state index contributed by atoms with van der Waals surface area (Å²) in [6.45, 7) is 10.3. The van der Waals surface area contributed by atoms with Crippen LogP contribution < -0.4 is 5.32 Å². The number of likely N-dealkylation sites (tertiary alicyclic amines) is 1. The van der Waals surface area contributed by atoms with E-state index < -0.39 is 0 Å². The molecule has 15 heavy (non-hydrogen) atoms. The maximum Gasteiger partial charge on any atom is 0.229 e. The molecule has 0 aromatic carbocycles. The fourth-order valence-electron chi connectivity index (χ4n) is 2.67. The van der Waals surface area contributed by atoms with Gasteiger partial charge in [-0.05, 0) is 31.7 Å². The van der Waals surface area contributed by atoms with Crippen LogP contribution in [-0.4, -0.2) is 37.0 Å². The van der Waals surface area contributed by atoms with Gasteiger partial charge in [-0.25, -0.2) is 0 Å². The Kier molecular flexibility index (Phi) is 2.53. The molecule has 1 N–H and O–H groups in total. The van der Waals surface area contributed by atoms with Crippen molar-refractivity contribution >= 4 is 5.91 Å². The van der Waals surface area contributed by atoms with Gasteiger partial charge < -0.3 is 10.2 Å². The van der Waals surface area contributed by atoms with E-state index in [0.717, 1.165) is 39.0 Å². The highest BCUT2D eigenvalue weighted by atomic mass is 16.2. The summed E-state index contributed by atoms with van der Waals surface area (Å²) in [5.74, 6) is 0.359. The normalized spacial score (nSPS) is 34.7. The quantitative estimate of drug-likeness (QED) is 0.706. The lowest BCUT2D eigenvalue weighted by molar-refractivity contribution is -0.139. The van der Waals surface area contributed by atoms with Crippen LogP contribution in [0.4, 0.5) is 0 Å². The van der Waals surface area contributed by atoms with E-state index in [1.807, 2.05) is 0 Å². The van der Waals surface area contributed by atoms with E-state index in [4.69, 9.17) is 0 Å². The van der Waals surface area contributed by atoms with Crippen LogP contribution in [0, 0.1) is 10.8 Å². The lowest BCUT2D eigenvalue weighted by atomic mass is 9.88. The van der Waals surface area contributed by atoms with Crippen molar-refractivity contribution in [1.29, 1.82) is 0 Å². The van der Waals surface area contributed by atoms with Gasteiger partial charge in [-0.1, -0.05) is 13.8 Å². The molecule has 86 valence electrons. The van der Waals surface area contributed by atoms with Gasteiger partial charge in [-0.3, -0.25) is 4.79 Å². The van der Waals surface area contributed by atoms with E-state index in [1.165, 1.54) is 0 Å². The summed E-state index contributed by atoms with van der Waals surface area (Å²) in [6.07, 6.45) is 2.13. The van der Waals surface area contributed by atoms with Gasteiger partial charge in [0.25, 0.3) is 0 Å². The van der Waals surface area contributed by atoms with Gasteiger partial charge in [0, 0.05) is 19.6 Å². The number of nitrogens with zero attached hydrogens (tertiary/aromatic N) is 1. The van der Waals surface area contributed by atoms with E-state index in [9.17, 15) is 4.79 Å². The fraction of sp³-hybridized carbons (Fsp3) is 0.917. The summed E-state index contributed by atoms with van der Waals surface area (Å²) in [5, 5.41) is 3.29. The molecule has 2 aliphatic heterocycles. The molecule has 0 aromatic rings. The molecule has 1 unspecified atom stereocenters. The lowest BCUT2D eigenvalue weighted by Gasteiger charge is -2.29. The first-order valence-corrected chi connectivity index (χ1v) is 5.93. The predicted octanol–water partition coefficient (Wildman–Crippen LogP) is 1.24. The minimum absolute atomic E-state index is 0.138. The van der Waals surface area contributed by atoms with E-state index in [0.29, 0.717) is 11.3 Å². The van der Waals surface area contributed by atoms with E-state index in [-0.39, 0.29) is 5.41 Å². The van der Waals surface area contributed by atoms with Crippen LogP contribution in [-0.2, 0) is 4.79 Å². The van der Waals surface area contributed by atoms with Gasteiger partial charge in [-0.2, -0.15) is 0 Å². The van der Waals surface area contributed by atoms with Gasteiger partial charge in [0.15, 0.2) is 0 Å². The number of hydrogen-bond donors (Lipinski definition) is 1. The Morgan fingerprint density at radius 1 is 1.27 bits per heavy atom. The Hall–Kier alpha value is -0.570. The first-order valence-electron chi connectivity index (χ1n) is 5.93. The summed E-state index contributed by atoms with van der Waals surface area (Å²) in [5.41, 5.74) is 0.179. The van der Waals surface area contributed by atoms with Gasteiger partial charge in [0.1, 0.15) is 0 Å². The molecule has 2 rings (SSSR count). The molecule has 0 saturated carbocycles. The second-order valence-electron chi connectivity index (χ2n) is 6.13. The molecule has 0 aliphatic carbocycles. The topological polar surface area (TPSA) is 32.3 Å². The molecular weight excluding hydrogens is 188 g/mol. The second kappa shape index (κ2) is 3.48. The lowest BCUT2D eigenvalue weighted by Crippen LogP contribution is -2.43. The number of rotatable bonds is 1. The summed E-state index contributed by atoms with van der Waals surface area (Å²) in [4.78, 5) is 14.4. The summed E-state index contributed by atoms with van der Waals surface area (Å²) in [7, 11) is 0. The maximum absolute atomic E-state index is 12.3. The van der Waals surface area contributed by atoms with Crippen molar-refractivity contribution in [1.82, 2.24) is 10.2 Å². The molecule has 0 bridgehead atoms. The summed E-state index contributed by atoms with van der Waals surface area (Å²) in [6, 6.07) is 0. The molecule has 3 nitrogen and oxygen atoms in total. The van der Waals surface area contributed by atoms with Crippen molar-refractivity contribution in [2.24, 2.45) is 10.8 Å². The second-order valence-corrected chi connectivity index (χ2v) is 6.13. The zero-order valence-corrected chi connectivity index (χ0v) is 10.1. The Morgan fingerprint density at radius 3 is 2.47 bits per heavy atom. The first kappa shape index (κ1) is 10.9. The average Bonchev–Trinajstić information content (AvgIpc) is 2.72. The molecule has 1 atom stereocenters. The molecule has 2 fully saturated rings. The number of carbonyl (C=O) groups excluding carboxylic acids is 1. The fourth-order valence-corrected chi connectivity index (χ4v) is 2.67. The van der Waals surface area contributed by atoms with Crippen LogP contribution >= 0.6 is 0 Å². The van der Waals surface area contributed by atoms with E-state index >= 15 is 0 Å². The minimum atomic E-state index is -0.138. The largest absolute Gasteiger partial charge is 0.342 e. The molecule has 0 aromatic heterocycles. The first-order chi connectivity index (χ1) is 6.93. The molecule has 2 heterocycles. The van der Waals surface area contributed by atoms with Gasteiger partial charge in [0.05, 0.1) is 5.41 Å². The van der Waals surface area contributed by atoms with Crippen LogP contribution in [0.25, 0.3) is 0 Å².